The summed E-state index contributed by atoms with van der Waals surface area (Å²) in [5.41, 5.74) is 4.71. The molecule has 0 amide bonds. The van der Waals surface area contributed by atoms with Crippen molar-refractivity contribution < 1.29 is 0 Å². The molecule has 0 atom stereocenters. The highest BCUT2D eigenvalue weighted by Crippen LogP contribution is 2.34. The van der Waals surface area contributed by atoms with Gasteiger partial charge in [-0.3, -0.25) is 0 Å². The van der Waals surface area contributed by atoms with Crippen LogP contribution in [0.1, 0.15) is 32.3 Å². The van der Waals surface area contributed by atoms with E-state index >= 15 is 0 Å². The van der Waals surface area contributed by atoms with Crippen molar-refractivity contribution in [3.63, 3.8) is 0 Å². The van der Waals surface area contributed by atoms with Crippen LogP contribution in [0.25, 0.3) is 0 Å². The van der Waals surface area contributed by atoms with Crippen LogP contribution in [0.4, 0.5) is 11.4 Å². The highest BCUT2D eigenvalue weighted by molar-refractivity contribution is 5.63. The largest absolute Gasteiger partial charge is 0.385 e. The molecule has 2 nitrogen and oxygen atoms in total. The summed E-state index contributed by atoms with van der Waals surface area (Å²) in [6.07, 6.45) is 3.80. The average Bonchev–Trinajstić information content (AvgIpc) is 2.69. The van der Waals surface area contributed by atoms with Gasteiger partial charge in [0.25, 0.3) is 0 Å². The van der Waals surface area contributed by atoms with Gasteiger partial charge in [-0.25, -0.2) is 0 Å². The van der Waals surface area contributed by atoms with Crippen LogP contribution < -0.4 is 10.2 Å². The lowest BCUT2D eigenvalue weighted by Crippen LogP contribution is -2.23. The number of nitrogens with zero attached hydrogens (tertiary/aromatic N) is 1. The highest BCUT2D eigenvalue weighted by Gasteiger charge is 2.29. The molecule has 92 valence electrons. The fourth-order valence-electron chi connectivity index (χ4n) is 2.98. The van der Waals surface area contributed by atoms with Gasteiger partial charge in [0, 0.05) is 31.0 Å². The maximum absolute atomic E-state index is 3.52. The zero-order valence-corrected chi connectivity index (χ0v) is 10.9. The summed E-state index contributed by atoms with van der Waals surface area (Å²) in [5, 5.41) is 3.52. The Morgan fingerprint density at radius 2 is 2.18 bits per heavy atom. The maximum atomic E-state index is 3.52. The van der Waals surface area contributed by atoms with Crippen LogP contribution in [0.5, 0.6) is 0 Å². The van der Waals surface area contributed by atoms with Crippen LogP contribution >= 0.6 is 0 Å². The molecular formula is C15H22N2. The maximum Gasteiger partial charge on any atom is 0.0393 e. The van der Waals surface area contributed by atoms with Crippen molar-refractivity contribution in [3.8, 4) is 0 Å². The number of fused-ring (bicyclic) bond motifs is 1. The van der Waals surface area contributed by atoms with Gasteiger partial charge in [0.2, 0.25) is 0 Å². The molecule has 1 fully saturated rings. The number of rotatable bonds is 1. The van der Waals surface area contributed by atoms with Gasteiger partial charge < -0.3 is 10.2 Å². The number of hydrogen-bond donors (Lipinski definition) is 1. The normalized spacial score (nSPS) is 22.1. The molecule has 2 heteroatoms. The van der Waals surface area contributed by atoms with E-state index in [-0.39, 0.29) is 0 Å². The molecule has 0 aromatic heterocycles. The van der Waals surface area contributed by atoms with Crippen LogP contribution in [0.3, 0.4) is 0 Å². The predicted molar refractivity (Wildman–Crippen MR) is 73.9 cm³/mol. The molecule has 1 aromatic rings. The van der Waals surface area contributed by atoms with E-state index < -0.39 is 0 Å². The number of hydrogen-bond acceptors (Lipinski definition) is 2. The number of nitrogens with one attached hydrogen (secondary N) is 1. The third-order valence-electron chi connectivity index (χ3n) is 4.07. The van der Waals surface area contributed by atoms with Crippen LogP contribution in [0.2, 0.25) is 0 Å². The number of aryl methyl sites for hydroxylation is 1. The summed E-state index contributed by atoms with van der Waals surface area (Å²) < 4.78 is 0. The first kappa shape index (κ1) is 10.9. The molecule has 1 saturated heterocycles. The monoisotopic (exact) mass is 230 g/mol. The van der Waals surface area contributed by atoms with Crippen molar-refractivity contribution in [1.29, 1.82) is 0 Å². The second kappa shape index (κ2) is 3.94. The minimum absolute atomic E-state index is 0.476. The van der Waals surface area contributed by atoms with Gasteiger partial charge in [-0.1, -0.05) is 19.9 Å². The Kier molecular flexibility index (Phi) is 2.53. The third-order valence-corrected chi connectivity index (χ3v) is 4.07. The van der Waals surface area contributed by atoms with E-state index in [1.165, 1.54) is 49.3 Å². The first-order valence-electron chi connectivity index (χ1n) is 6.76. The van der Waals surface area contributed by atoms with E-state index in [1.807, 2.05) is 0 Å². The zero-order chi connectivity index (χ0) is 11.9. The minimum Gasteiger partial charge on any atom is -0.385 e. The van der Waals surface area contributed by atoms with Crippen molar-refractivity contribution in [2.45, 2.75) is 33.1 Å². The summed E-state index contributed by atoms with van der Waals surface area (Å²) in [5.74, 6) is 0. The molecule has 0 spiro atoms. The van der Waals surface area contributed by atoms with Gasteiger partial charge in [-0.05, 0) is 42.4 Å². The van der Waals surface area contributed by atoms with Crippen LogP contribution in [0, 0.1) is 5.41 Å². The summed E-state index contributed by atoms with van der Waals surface area (Å²) in [7, 11) is 0. The van der Waals surface area contributed by atoms with Gasteiger partial charge >= 0.3 is 0 Å². The van der Waals surface area contributed by atoms with Gasteiger partial charge in [0.15, 0.2) is 0 Å². The zero-order valence-electron chi connectivity index (χ0n) is 10.9. The standard InChI is InChI=1S/C15H22N2/c1-15(2)7-9-17(11-15)13-6-5-12-4-3-8-16-14(12)10-13/h5-6,10,16H,3-4,7-9,11H2,1-2H3. The quantitative estimate of drug-likeness (QED) is 0.796. The lowest BCUT2D eigenvalue weighted by Gasteiger charge is -2.24. The first-order valence-corrected chi connectivity index (χ1v) is 6.76. The molecular weight excluding hydrogens is 208 g/mol. The Labute approximate surface area is 104 Å². The summed E-state index contributed by atoms with van der Waals surface area (Å²) >= 11 is 0. The van der Waals surface area contributed by atoms with Gasteiger partial charge in [0.05, 0.1) is 0 Å². The SMILES string of the molecule is CC1(C)CCN(c2ccc3c(c2)NCCC3)C1. The Hall–Kier alpha value is -1.18. The molecule has 17 heavy (non-hydrogen) atoms. The van der Waals surface area contributed by atoms with Gasteiger partial charge in [-0.2, -0.15) is 0 Å². The van der Waals surface area contributed by atoms with E-state index in [0.29, 0.717) is 5.41 Å². The first-order chi connectivity index (χ1) is 8.14. The average molecular weight is 230 g/mol. The summed E-state index contributed by atoms with van der Waals surface area (Å²) in [4.78, 5) is 2.52. The summed E-state index contributed by atoms with van der Waals surface area (Å²) in [6, 6.07) is 6.95. The number of anilines is 2. The Morgan fingerprint density at radius 1 is 1.29 bits per heavy atom. The fraction of sp³-hybridized carbons (Fsp3) is 0.600. The molecule has 2 aliphatic heterocycles. The lowest BCUT2D eigenvalue weighted by molar-refractivity contribution is 0.418. The van der Waals surface area contributed by atoms with E-state index in [2.05, 4.69) is 42.3 Å². The molecule has 2 heterocycles. The second-order valence-corrected chi connectivity index (χ2v) is 6.21. The third kappa shape index (κ3) is 2.13. The van der Waals surface area contributed by atoms with Gasteiger partial charge in [-0.15, -0.1) is 0 Å². The van der Waals surface area contributed by atoms with E-state index in [1.54, 1.807) is 0 Å². The van der Waals surface area contributed by atoms with Crippen molar-refractivity contribution in [1.82, 2.24) is 0 Å². The number of benzene rings is 1. The summed E-state index contributed by atoms with van der Waals surface area (Å²) in [6.45, 7) is 8.24. The molecule has 3 rings (SSSR count). The van der Waals surface area contributed by atoms with Crippen LogP contribution in [-0.4, -0.2) is 19.6 Å². The highest BCUT2D eigenvalue weighted by atomic mass is 15.2. The molecule has 0 unspecified atom stereocenters. The van der Waals surface area contributed by atoms with E-state index in [9.17, 15) is 0 Å². The Balaban J connectivity index is 1.84. The molecule has 2 aliphatic rings. The van der Waals surface area contributed by atoms with Crippen molar-refractivity contribution in [2.75, 3.05) is 29.9 Å². The van der Waals surface area contributed by atoms with Crippen LogP contribution in [-0.2, 0) is 6.42 Å². The molecule has 1 N–H and O–H groups in total. The molecule has 0 saturated carbocycles. The molecule has 0 radical (unpaired) electrons. The Morgan fingerprint density at radius 3 is 2.94 bits per heavy atom. The Bertz CT molecular complexity index is 423. The minimum atomic E-state index is 0.476. The van der Waals surface area contributed by atoms with Crippen molar-refractivity contribution >= 4 is 11.4 Å². The van der Waals surface area contributed by atoms with E-state index in [4.69, 9.17) is 0 Å². The molecule has 0 bridgehead atoms. The fourth-order valence-corrected chi connectivity index (χ4v) is 2.98. The topological polar surface area (TPSA) is 15.3 Å². The molecule has 0 aliphatic carbocycles. The van der Waals surface area contributed by atoms with Crippen molar-refractivity contribution in [2.24, 2.45) is 5.41 Å². The lowest BCUT2D eigenvalue weighted by atomic mass is 9.93. The van der Waals surface area contributed by atoms with Crippen molar-refractivity contribution in [3.05, 3.63) is 23.8 Å². The molecule has 1 aromatic carbocycles. The predicted octanol–water partition coefficient (Wildman–Crippen LogP) is 3.28. The van der Waals surface area contributed by atoms with E-state index in [0.717, 1.165) is 6.54 Å². The second-order valence-electron chi connectivity index (χ2n) is 6.21. The smallest absolute Gasteiger partial charge is 0.0393 e. The van der Waals surface area contributed by atoms with Crippen LogP contribution in [0.15, 0.2) is 18.2 Å². The van der Waals surface area contributed by atoms with Gasteiger partial charge in [0.1, 0.15) is 0 Å².